The highest BCUT2D eigenvalue weighted by Crippen LogP contribution is 2.23. The molecule has 1 aliphatic heterocycles. The predicted molar refractivity (Wildman–Crippen MR) is 64.1 cm³/mol. The molecule has 1 aromatic heterocycles. The van der Waals surface area contributed by atoms with Crippen molar-refractivity contribution in [3.8, 4) is 0 Å². The van der Waals surface area contributed by atoms with E-state index in [2.05, 4.69) is 26.6 Å². The van der Waals surface area contributed by atoms with E-state index in [0.29, 0.717) is 0 Å². The molecule has 6 heteroatoms. The van der Waals surface area contributed by atoms with E-state index < -0.39 is 0 Å². The van der Waals surface area contributed by atoms with E-state index in [1.807, 2.05) is 12.1 Å². The fraction of sp³-hybridized carbons (Fsp3) is 0.400. The van der Waals surface area contributed by atoms with E-state index in [-0.39, 0.29) is 12.4 Å². The molecule has 16 heavy (non-hydrogen) atoms. The summed E-state index contributed by atoms with van der Waals surface area (Å²) in [6.45, 7) is 4.04. The zero-order valence-electron chi connectivity index (χ0n) is 8.72. The molecule has 1 N–H and O–H groups in total. The smallest absolute Gasteiger partial charge is 0.158 e. The lowest BCUT2D eigenvalue weighted by Crippen LogP contribution is -2.43. The Morgan fingerprint density at radius 3 is 2.81 bits per heavy atom. The van der Waals surface area contributed by atoms with Crippen molar-refractivity contribution in [2.45, 2.75) is 0 Å². The second-order valence-electron chi connectivity index (χ2n) is 3.65. The zero-order chi connectivity index (χ0) is 10.1. The number of hydrogen-bond acceptors (Lipinski definition) is 5. The molecule has 0 amide bonds. The molecular weight excluding hydrogens is 228 g/mol. The summed E-state index contributed by atoms with van der Waals surface area (Å²) in [5.74, 6) is 0. The van der Waals surface area contributed by atoms with Gasteiger partial charge in [0.1, 0.15) is 5.52 Å². The Hall–Kier alpha value is -1.33. The average molecular weight is 241 g/mol. The van der Waals surface area contributed by atoms with Crippen molar-refractivity contribution in [2.75, 3.05) is 31.1 Å². The second kappa shape index (κ2) is 4.67. The number of piperazine rings is 1. The highest BCUT2D eigenvalue weighted by atomic mass is 35.5. The van der Waals surface area contributed by atoms with Crippen LogP contribution in [0.4, 0.5) is 5.69 Å². The third-order valence-electron chi connectivity index (χ3n) is 2.72. The van der Waals surface area contributed by atoms with Crippen molar-refractivity contribution in [1.29, 1.82) is 0 Å². The van der Waals surface area contributed by atoms with E-state index in [4.69, 9.17) is 4.63 Å². The molecular formula is C10H13ClN4O. The molecule has 1 saturated heterocycles. The van der Waals surface area contributed by atoms with Gasteiger partial charge >= 0.3 is 0 Å². The van der Waals surface area contributed by atoms with Crippen LogP contribution in [0.3, 0.4) is 0 Å². The van der Waals surface area contributed by atoms with Gasteiger partial charge in [-0.2, -0.15) is 0 Å². The molecule has 5 nitrogen and oxygen atoms in total. The van der Waals surface area contributed by atoms with Crippen molar-refractivity contribution in [2.24, 2.45) is 0 Å². The molecule has 0 saturated carbocycles. The van der Waals surface area contributed by atoms with Gasteiger partial charge in [-0.3, -0.25) is 0 Å². The number of benzene rings is 1. The summed E-state index contributed by atoms with van der Waals surface area (Å²) in [6.07, 6.45) is 0. The van der Waals surface area contributed by atoms with Gasteiger partial charge in [0.2, 0.25) is 0 Å². The minimum absolute atomic E-state index is 0. The Bertz CT molecular complexity index is 467. The van der Waals surface area contributed by atoms with Gasteiger partial charge in [0.05, 0.1) is 5.69 Å². The first kappa shape index (κ1) is 11.2. The summed E-state index contributed by atoms with van der Waals surface area (Å²) in [4.78, 5) is 2.31. The number of nitrogens with zero attached hydrogens (tertiary/aromatic N) is 3. The molecule has 0 bridgehead atoms. The molecule has 2 aromatic rings. The summed E-state index contributed by atoms with van der Waals surface area (Å²) >= 11 is 0. The van der Waals surface area contributed by atoms with Crippen LogP contribution in [0.1, 0.15) is 0 Å². The minimum atomic E-state index is 0. The summed E-state index contributed by atoms with van der Waals surface area (Å²) in [5, 5.41) is 11.1. The van der Waals surface area contributed by atoms with Crippen molar-refractivity contribution in [3.05, 3.63) is 18.2 Å². The Morgan fingerprint density at radius 1 is 1.19 bits per heavy atom. The molecule has 0 unspecified atom stereocenters. The Balaban J connectivity index is 0.000000963. The van der Waals surface area contributed by atoms with Crippen LogP contribution in [0, 0.1) is 0 Å². The van der Waals surface area contributed by atoms with Crippen LogP contribution in [-0.4, -0.2) is 36.5 Å². The number of anilines is 1. The van der Waals surface area contributed by atoms with Gasteiger partial charge in [-0.25, -0.2) is 4.63 Å². The van der Waals surface area contributed by atoms with Gasteiger partial charge < -0.3 is 10.2 Å². The number of hydrogen-bond donors (Lipinski definition) is 1. The topological polar surface area (TPSA) is 54.2 Å². The third kappa shape index (κ3) is 1.83. The standard InChI is InChI=1S/C10H12N4O.ClH/c1-2-8-10(13-15-12-8)9(3-1)14-6-4-11-5-7-14;/h1-3,11H,4-7H2;1H. The number of nitrogens with one attached hydrogen (secondary N) is 1. The molecule has 0 aliphatic carbocycles. The second-order valence-corrected chi connectivity index (χ2v) is 3.65. The van der Waals surface area contributed by atoms with Crippen LogP contribution < -0.4 is 10.2 Å². The average Bonchev–Trinajstić information content (AvgIpc) is 2.78. The highest BCUT2D eigenvalue weighted by molar-refractivity contribution is 5.87. The van der Waals surface area contributed by atoms with Gasteiger partial charge in [0.25, 0.3) is 0 Å². The van der Waals surface area contributed by atoms with Crippen LogP contribution in [0.2, 0.25) is 0 Å². The molecule has 0 spiro atoms. The van der Waals surface area contributed by atoms with Gasteiger partial charge in [-0.15, -0.1) is 12.4 Å². The molecule has 1 aliphatic rings. The van der Waals surface area contributed by atoms with E-state index in [0.717, 1.165) is 42.9 Å². The van der Waals surface area contributed by atoms with E-state index in [9.17, 15) is 0 Å². The highest BCUT2D eigenvalue weighted by Gasteiger charge is 2.15. The van der Waals surface area contributed by atoms with Crippen LogP contribution in [-0.2, 0) is 0 Å². The van der Waals surface area contributed by atoms with Gasteiger partial charge in [-0.1, -0.05) is 6.07 Å². The summed E-state index contributed by atoms with van der Waals surface area (Å²) in [5.41, 5.74) is 2.81. The van der Waals surface area contributed by atoms with Crippen molar-refractivity contribution < 1.29 is 4.63 Å². The Kier molecular flexibility index (Phi) is 3.26. The molecule has 0 radical (unpaired) electrons. The molecule has 1 aromatic carbocycles. The van der Waals surface area contributed by atoms with Crippen LogP contribution in [0.5, 0.6) is 0 Å². The van der Waals surface area contributed by atoms with Crippen molar-refractivity contribution in [3.63, 3.8) is 0 Å². The lowest BCUT2D eigenvalue weighted by Gasteiger charge is -2.29. The van der Waals surface area contributed by atoms with Gasteiger partial charge in [0, 0.05) is 26.2 Å². The predicted octanol–water partition coefficient (Wildman–Crippen LogP) is 1.05. The lowest BCUT2D eigenvalue weighted by molar-refractivity contribution is 0.315. The summed E-state index contributed by atoms with van der Waals surface area (Å²) < 4.78 is 4.75. The molecule has 2 heterocycles. The quantitative estimate of drug-likeness (QED) is 0.808. The van der Waals surface area contributed by atoms with Crippen molar-refractivity contribution in [1.82, 2.24) is 15.6 Å². The van der Waals surface area contributed by atoms with E-state index in [1.54, 1.807) is 0 Å². The maximum atomic E-state index is 4.75. The Morgan fingerprint density at radius 2 is 2.00 bits per heavy atom. The largest absolute Gasteiger partial charge is 0.367 e. The van der Waals surface area contributed by atoms with Crippen LogP contribution >= 0.6 is 12.4 Å². The molecule has 0 atom stereocenters. The number of fused-ring (bicyclic) bond motifs is 1. The minimum Gasteiger partial charge on any atom is -0.367 e. The molecule has 86 valence electrons. The molecule has 3 rings (SSSR count). The summed E-state index contributed by atoms with van der Waals surface area (Å²) in [6, 6.07) is 5.97. The monoisotopic (exact) mass is 240 g/mol. The van der Waals surface area contributed by atoms with Crippen molar-refractivity contribution >= 4 is 29.1 Å². The fourth-order valence-electron chi connectivity index (χ4n) is 1.95. The van der Waals surface area contributed by atoms with Crippen LogP contribution in [0.15, 0.2) is 22.8 Å². The first-order chi connectivity index (χ1) is 7.45. The van der Waals surface area contributed by atoms with Gasteiger partial charge in [-0.05, 0) is 22.4 Å². The summed E-state index contributed by atoms with van der Waals surface area (Å²) in [7, 11) is 0. The number of aromatic nitrogens is 2. The van der Waals surface area contributed by atoms with Crippen LogP contribution in [0.25, 0.3) is 11.0 Å². The van der Waals surface area contributed by atoms with E-state index >= 15 is 0 Å². The number of rotatable bonds is 1. The SMILES string of the molecule is Cl.c1cc(N2CCNCC2)c2nonc2c1. The molecule has 1 fully saturated rings. The first-order valence-corrected chi connectivity index (χ1v) is 5.12. The maximum Gasteiger partial charge on any atom is 0.158 e. The maximum absolute atomic E-state index is 4.75. The van der Waals surface area contributed by atoms with E-state index in [1.165, 1.54) is 0 Å². The lowest BCUT2D eigenvalue weighted by atomic mass is 10.2. The third-order valence-corrected chi connectivity index (χ3v) is 2.72. The fourth-order valence-corrected chi connectivity index (χ4v) is 1.95. The van der Waals surface area contributed by atoms with Gasteiger partial charge in [0.15, 0.2) is 5.52 Å². The number of halogens is 1. The Labute approximate surface area is 99.2 Å². The first-order valence-electron chi connectivity index (χ1n) is 5.12. The normalized spacial score (nSPS) is 16.1. The zero-order valence-corrected chi connectivity index (χ0v) is 9.54.